The lowest BCUT2D eigenvalue weighted by Crippen LogP contribution is -2.76. The molecule has 3 aliphatic rings. The Kier molecular flexibility index (Phi) is 5.87. The number of hydrogen-bond acceptors (Lipinski definition) is 6. The van der Waals surface area contributed by atoms with Gasteiger partial charge in [0.15, 0.2) is 11.9 Å². The number of alkyl halides is 3. The van der Waals surface area contributed by atoms with Gasteiger partial charge in [0.1, 0.15) is 6.42 Å². The normalized spacial score (nSPS) is 35.2. The molecule has 3 rings (SSSR count). The van der Waals surface area contributed by atoms with Crippen LogP contribution in [0.5, 0.6) is 0 Å². The fourth-order valence-electron chi connectivity index (χ4n) is 4.21. The molecule has 0 amide bonds. The van der Waals surface area contributed by atoms with Crippen molar-refractivity contribution in [2.24, 2.45) is 0 Å². The van der Waals surface area contributed by atoms with Gasteiger partial charge in [-0.2, -0.15) is 13.2 Å². The van der Waals surface area contributed by atoms with Gasteiger partial charge < -0.3 is 28.4 Å². The van der Waals surface area contributed by atoms with E-state index in [1.54, 1.807) is 13.8 Å². The number of rotatable bonds is 4. The summed E-state index contributed by atoms with van der Waals surface area (Å²) in [5, 5.41) is 0. The van der Waals surface area contributed by atoms with Gasteiger partial charge in [0.2, 0.25) is 11.6 Å². The highest BCUT2D eigenvalue weighted by molar-refractivity contribution is 5.10. The minimum atomic E-state index is -4.52. The minimum absolute atomic E-state index is 0.112. The fourth-order valence-corrected chi connectivity index (χ4v) is 4.21. The molecule has 6 nitrogen and oxygen atoms in total. The molecule has 0 bridgehead atoms. The fraction of sp³-hybridized carbons (Fsp3) is 1.00. The van der Waals surface area contributed by atoms with Gasteiger partial charge in [-0.3, -0.25) is 0 Å². The zero-order valence-electron chi connectivity index (χ0n) is 15.2. The summed E-state index contributed by atoms with van der Waals surface area (Å²) >= 11 is 0. The first-order valence-corrected chi connectivity index (χ1v) is 9.20. The van der Waals surface area contributed by atoms with Crippen molar-refractivity contribution in [3.8, 4) is 0 Å². The van der Waals surface area contributed by atoms with E-state index in [4.69, 9.17) is 28.4 Å². The molecule has 3 fully saturated rings. The lowest BCUT2D eigenvalue weighted by atomic mass is 9.76. The lowest BCUT2D eigenvalue weighted by molar-refractivity contribution is -0.481. The van der Waals surface area contributed by atoms with Crippen molar-refractivity contribution >= 4 is 0 Å². The maximum absolute atomic E-state index is 13.6. The average Bonchev–Trinajstić information content (AvgIpc) is 2.61. The van der Waals surface area contributed by atoms with Gasteiger partial charge in [-0.05, 0) is 19.8 Å². The zero-order chi connectivity index (χ0) is 18.9. The molecule has 0 aromatic carbocycles. The van der Waals surface area contributed by atoms with Crippen LogP contribution in [0, 0.1) is 0 Å². The van der Waals surface area contributed by atoms with E-state index in [0.29, 0.717) is 32.5 Å². The summed E-state index contributed by atoms with van der Waals surface area (Å²) in [5.74, 6) is -3.44. The third-order valence-electron chi connectivity index (χ3n) is 5.22. The monoisotopic (exact) mass is 384 g/mol. The van der Waals surface area contributed by atoms with Crippen LogP contribution in [-0.4, -0.2) is 62.7 Å². The summed E-state index contributed by atoms with van der Waals surface area (Å²) in [6, 6.07) is 0. The highest BCUT2D eigenvalue weighted by Gasteiger charge is 2.72. The second-order valence-electron chi connectivity index (χ2n) is 6.89. The average molecular weight is 384 g/mol. The van der Waals surface area contributed by atoms with Crippen LogP contribution in [0.15, 0.2) is 0 Å². The van der Waals surface area contributed by atoms with Crippen LogP contribution in [0.3, 0.4) is 0 Å². The third kappa shape index (κ3) is 3.49. The lowest BCUT2D eigenvalue weighted by Gasteiger charge is -2.60. The summed E-state index contributed by atoms with van der Waals surface area (Å²) in [6.07, 6.45) is -4.96. The standard InChI is InChI=1S/C17H27F3O6/c1-3-15(22-7-4-8-23-15)14(6-11-21-13(2)26-14)16(12-17(18,19)20)24-9-5-10-25-16/h13H,3-12H2,1-2H3. The first kappa shape index (κ1) is 20.3. The summed E-state index contributed by atoms with van der Waals surface area (Å²) in [7, 11) is 0. The molecule has 9 heteroatoms. The molecule has 0 aliphatic carbocycles. The van der Waals surface area contributed by atoms with E-state index in [1.807, 2.05) is 0 Å². The molecule has 0 spiro atoms. The Labute approximate surface area is 151 Å². The molecule has 2 atom stereocenters. The van der Waals surface area contributed by atoms with Crippen LogP contribution < -0.4 is 0 Å². The van der Waals surface area contributed by atoms with Crippen molar-refractivity contribution in [2.45, 2.75) is 75.6 Å². The zero-order valence-corrected chi connectivity index (χ0v) is 15.2. The Balaban J connectivity index is 2.10. The molecule has 3 aliphatic heterocycles. The second-order valence-corrected chi connectivity index (χ2v) is 6.89. The van der Waals surface area contributed by atoms with Crippen molar-refractivity contribution < 1.29 is 41.6 Å². The van der Waals surface area contributed by atoms with E-state index in [1.165, 1.54) is 0 Å². The third-order valence-corrected chi connectivity index (χ3v) is 5.22. The summed E-state index contributed by atoms with van der Waals surface area (Å²) < 4.78 is 75.6. The van der Waals surface area contributed by atoms with Crippen LogP contribution in [0.4, 0.5) is 13.2 Å². The largest absolute Gasteiger partial charge is 0.394 e. The summed E-state index contributed by atoms with van der Waals surface area (Å²) in [6.45, 7) is 4.69. The number of hydrogen-bond donors (Lipinski definition) is 0. The van der Waals surface area contributed by atoms with Gasteiger partial charge in [0.05, 0.1) is 33.0 Å². The maximum atomic E-state index is 13.6. The number of ether oxygens (including phenoxy) is 6. The van der Waals surface area contributed by atoms with Crippen LogP contribution in [-0.2, 0) is 28.4 Å². The Bertz CT molecular complexity index is 474. The van der Waals surface area contributed by atoms with Gasteiger partial charge in [-0.15, -0.1) is 0 Å². The number of halogens is 3. The molecule has 0 saturated carbocycles. The van der Waals surface area contributed by atoms with Gasteiger partial charge >= 0.3 is 6.18 Å². The van der Waals surface area contributed by atoms with Crippen molar-refractivity contribution in [2.75, 3.05) is 33.0 Å². The van der Waals surface area contributed by atoms with Gasteiger partial charge in [-0.25, -0.2) is 0 Å². The Morgan fingerprint density at radius 1 is 0.885 bits per heavy atom. The quantitative estimate of drug-likeness (QED) is 0.742. The van der Waals surface area contributed by atoms with Crippen LogP contribution >= 0.6 is 0 Å². The van der Waals surface area contributed by atoms with Crippen LogP contribution in [0.1, 0.15) is 46.0 Å². The Morgan fingerprint density at radius 3 is 1.88 bits per heavy atom. The van der Waals surface area contributed by atoms with Gasteiger partial charge in [-0.1, -0.05) is 6.92 Å². The van der Waals surface area contributed by atoms with E-state index in [9.17, 15) is 13.2 Å². The summed E-state index contributed by atoms with van der Waals surface area (Å²) in [5.41, 5.74) is -1.59. The first-order valence-electron chi connectivity index (χ1n) is 9.20. The topological polar surface area (TPSA) is 55.4 Å². The predicted molar refractivity (Wildman–Crippen MR) is 83.3 cm³/mol. The van der Waals surface area contributed by atoms with E-state index in [-0.39, 0.29) is 26.2 Å². The summed E-state index contributed by atoms with van der Waals surface area (Å²) in [4.78, 5) is 0. The van der Waals surface area contributed by atoms with E-state index in [2.05, 4.69) is 0 Å². The van der Waals surface area contributed by atoms with Crippen LogP contribution in [0.25, 0.3) is 0 Å². The molecule has 3 saturated heterocycles. The van der Waals surface area contributed by atoms with Crippen molar-refractivity contribution in [1.29, 1.82) is 0 Å². The molecule has 0 radical (unpaired) electrons. The Hall–Kier alpha value is -0.450. The first-order chi connectivity index (χ1) is 12.3. The molecule has 2 unspecified atom stereocenters. The molecular formula is C17H27F3O6. The van der Waals surface area contributed by atoms with Crippen molar-refractivity contribution in [3.05, 3.63) is 0 Å². The maximum Gasteiger partial charge on any atom is 0.394 e. The second kappa shape index (κ2) is 7.52. The molecule has 0 N–H and O–H groups in total. The molecular weight excluding hydrogens is 357 g/mol. The molecule has 26 heavy (non-hydrogen) atoms. The highest BCUT2D eigenvalue weighted by atomic mass is 19.4. The van der Waals surface area contributed by atoms with Gasteiger partial charge in [0.25, 0.3) is 0 Å². The smallest absolute Gasteiger partial charge is 0.353 e. The predicted octanol–water partition coefficient (Wildman–Crippen LogP) is 3.14. The van der Waals surface area contributed by atoms with Crippen molar-refractivity contribution in [3.63, 3.8) is 0 Å². The van der Waals surface area contributed by atoms with E-state index >= 15 is 0 Å². The molecule has 0 aromatic rings. The Morgan fingerprint density at radius 2 is 1.42 bits per heavy atom. The van der Waals surface area contributed by atoms with Gasteiger partial charge in [0, 0.05) is 12.8 Å². The molecule has 0 aromatic heterocycles. The highest BCUT2D eigenvalue weighted by Crippen LogP contribution is 2.54. The SMILES string of the molecule is CCC1(C2(C3(CC(F)(F)F)OCCCO3)CCOC(C)O2)OCCCO1. The van der Waals surface area contributed by atoms with E-state index < -0.39 is 36.1 Å². The van der Waals surface area contributed by atoms with E-state index in [0.717, 1.165) is 0 Å². The van der Waals surface area contributed by atoms with Crippen LogP contribution in [0.2, 0.25) is 0 Å². The molecule has 3 heterocycles. The minimum Gasteiger partial charge on any atom is -0.353 e. The van der Waals surface area contributed by atoms with Crippen molar-refractivity contribution in [1.82, 2.24) is 0 Å². The molecule has 152 valence electrons.